The molecule has 132 valence electrons. The first kappa shape index (κ1) is 17.0. The van der Waals surface area contributed by atoms with Crippen LogP contribution in [-0.2, 0) is 5.75 Å². The molecule has 0 N–H and O–H groups in total. The van der Waals surface area contributed by atoms with Crippen molar-refractivity contribution in [2.24, 2.45) is 0 Å². The van der Waals surface area contributed by atoms with E-state index in [1.54, 1.807) is 43.3 Å². The first-order chi connectivity index (χ1) is 13.2. The third-order valence-corrected chi connectivity index (χ3v) is 4.82. The van der Waals surface area contributed by atoms with Gasteiger partial charge in [0.25, 0.3) is 5.56 Å². The van der Waals surface area contributed by atoms with E-state index in [4.69, 9.17) is 9.68 Å². The highest BCUT2D eigenvalue weighted by molar-refractivity contribution is 7.98. The third kappa shape index (κ3) is 3.32. The van der Waals surface area contributed by atoms with Crippen LogP contribution in [0.15, 0.2) is 62.9 Å². The Balaban J connectivity index is 1.84. The number of nitrogens with zero attached hydrogens (tertiary/aromatic N) is 5. The minimum absolute atomic E-state index is 0.172. The number of benzene rings is 2. The highest BCUT2D eigenvalue weighted by Gasteiger charge is 2.14. The zero-order chi connectivity index (χ0) is 18.8. The number of rotatable bonds is 4. The molecule has 0 aliphatic carbocycles. The summed E-state index contributed by atoms with van der Waals surface area (Å²) in [4.78, 5) is 17.8. The minimum atomic E-state index is -0.172. The lowest BCUT2D eigenvalue weighted by Crippen LogP contribution is -2.21. The molecule has 7 nitrogen and oxygen atoms in total. The van der Waals surface area contributed by atoms with Crippen LogP contribution in [0.1, 0.15) is 17.3 Å². The number of aryl methyl sites for hydroxylation is 1. The molecule has 0 fully saturated rings. The first-order valence-corrected chi connectivity index (χ1v) is 9.08. The third-order valence-electron chi connectivity index (χ3n) is 3.89. The summed E-state index contributed by atoms with van der Waals surface area (Å²) in [7, 11) is 0. The predicted molar refractivity (Wildman–Crippen MR) is 101 cm³/mol. The van der Waals surface area contributed by atoms with Gasteiger partial charge < -0.3 is 4.42 Å². The second-order valence-electron chi connectivity index (χ2n) is 5.71. The predicted octanol–water partition coefficient (Wildman–Crippen LogP) is 3.24. The van der Waals surface area contributed by atoms with Gasteiger partial charge in [0.15, 0.2) is 5.16 Å². The van der Waals surface area contributed by atoms with Crippen molar-refractivity contribution >= 4 is 22.7 Å². The second kappa shape index (κ2) is 7.05. The van der Waals surface area contributed by atoms with E-state index >= 15 is 0 Å². The van der Waals surface area contributed by atoms with Crippen molar-refractivity contribution in [2.75, 3.05) is 0 Å². The van der Waals surface area contributed by atoms with Crippen LogP contribution in [0.3, 0.4) is 0 Å². The molecule has 0 atom stereocenters. The number of nitriles is 1. The molecule has 0 spiro atoms. The summed E-state index contributed by atoms with van der Waals surface area (Å²) >= 11 is 1.34. The lowest BCUT2D eigenvalue weighted by Gasteiger charge is -2.12. The summed E-state index contributed by atoms with van der Waals surface area (Å²) in [6, 6.07) is 16.1. The smallest absolute Gasteiger partial charge is 0.266 e. The number of hydrogen-bond acceptors (Lipinski definition) is 7. The second-order valence-corrected chi connectivity index (χ2v) is 6.66. The van der Waals surface area contributed by atoms with Gasteiger partial charge >= 0.3 is 0 Å². The van der Waals surface area contributed by atoms with Crippen LogP contribution in [-0.4, -0.2) is 19.7 Å². The van der Waals surface area contributed by atoms with E-state index < -0.39 is 0 Å². The molecule has 0 radical (unpaired) electrons. The van der Waals surface area contributed by atoms with Crippen LogP contribution in [0.25, 0.3) is 16.6 Å². The molecule has 0 saturated carbocycles. The Bertz CT molecular complexity index is 1220. The van der Waals surface area contributed by atoms with Gasteiger partial charge in [-0.1, -0.05) is 23.9 Å². The zero-order valence-electron chi connectivity index (χ0n) is 14.3. The van der Waals surface area contributed by atoms with E-state index in [9.17, 15) is 4.79 Å². The van der Waals surface area contributed by atoms with Crippen molar-refractivity contribution in [1.29, 1.82) is 5.26 Å². The Morgan fingerprint density at radius 1 is 1.15 bits per heavy atom. The summed E-state index contributed by atoms with van der Waals surface area (Å²) in [5.74, 6) is 1.34. The fourth-order valence-corrected chi connectivity index (χ4v) is 3.49. The van der Waals surface area contributed by atoms with Gasteiger partial charge in [-0.3, -0.25) is 9.36 Å². The number of fused-ring (bicyclic) bond motifs is 1. The summed E-state index contributed by atoms with van der Waals surface area (Å²) in [6.45, 7) is 1.72. The zero-order valence-corrected chi connectivity index (χ0v) is 15.1. The SMILES string of the molecule is Cc1nnc(CSc2nc3ccccc3c(=O)n2-c2ccc(C#N)cc2)o1. The monoisotopic (exact) mass is 375 g/mol. The number of hydrogen-bond donors (Lipinski definition) is 0. The number of thioether (sulfide) groups is 1. The van der Waals surface area contributed by atoms with Gasteiger partial charge in [0.2, 0.25) is 11.8 Å². The summed E-state index contributed by atoms with van der Waals surface area (Å²) in [5, 5.41) is 17.8. The van der Waals surface area contributed by atoms with Crippen LogP contribution in [0.4, 0.5) is 0 Å². The van der Waals surface area contributed by atoms with Gasteiger partial charge in [0.05, 0.1) is 34.0 Å². The lowest BCUT2D eigenvalue weighted by atomic mass is 10.2. The van der Waals surface area contributed by atoms with Crippen LogP contribution >= 0.6 is 11.8 Å². The average molecular weight is 375 g/mol. The van der Waals surface area contributed by atoms with Gasteiger partial charge in [-0.15, -0.1) is 10.2 Å². The summed E-state index contributed by atoms with van der Waals surface area (Å²) < 4.78 is 6.94. The van der Waals surface area contributed by atoms with E-state index in [-0.39, 0.29) is 5.56 Å². The molecule has 0 aliphatic rings. The van der Waals surface area contributed by atoms with E-state index in [1.165, 1.54) is 16.3 Å². The van der Waals surface area contributed by atoms with Crippen molar-refractivity contribution in [3.63, 3.8) is 0 Å². The normalized spacial score (nSPS) is 10.8. The molecule has 0 saturated heterocycles. The topological polar surface area (TPSA) is 97.6 Å². The summed E-state index contributed by atoms with van der Waals surface area (Å²) in [6.07, 6.45) is 0. The molecule has 0 bridgehead atoms. The maximum Gasteiger partial charge on any atom is 0.266 e. The standard InChI is InChI=1S/C19H13N5O2S/c1-12-22-23-17(26-12)11-27-19-21-16-5-3-2-4-15(16)18(25)24(19)14-8-6-13(10-20)7-9-14/h2-9H,11H2,1H3. The maximum absolute atomic E-state index is 13.1. The lowest BCUT2D eigenvalue weighted by molar-refractivity contribution is 0.485. The van der Waals surface area contributed by atoms with Crippen LogP contribution in [0, 0.1) is 18.3 Å². The molecule has 2 heterocycles. The van der Waals surface area contributed by atoms with Gasteiger partial charge in [-0.25, -0.2) is 4.98 Å². The van der Waals surface area contributed by atoms with Crippen LogP contribution in [0.5, 0.6) is 0 Å². The Hall–Kier alpha value is -3.44. The van der Waals surface area contributed by atoms with Gasteiger partial charge in [-0.2, -0.15) is 5.26 Å². The van der Waals surface area contributed by atoms with Gasteiger partial charge in [-0.05, 0) is 36.4 Å². The Morgan fingerprint density at radius 2 is 1.93 bits per heavy atom. The molecule has 27 heavy (non-hydrogen) atoms. The maximum atomic E-state index is 13.1. The van der Waals surface area contributed by atoms with Crippen molar-refractivity contribution in [3.05, 3.63) is 76.2 Å². The van der Waals surface area contributed by atoms with Crippen LogP contribution in [0.2, 0.25) is 0 Å². The first-order valence-electron chi connectivity index (χ1n) is 8.10. The molecule has 2 aromatic carbocycles. The Labute approximate surface area is 158 Å². The molecular weight excluding hydrogens is 362 g/mol. The quantitative estimate of drug-likeness (QED) is 0.399. The van der Waals surface area contributed by atoms with Crippen LogP contribution < -0.4 is 5.56 Å². The van der Waals surface area contributed by atoms with Gasteiger partial charge in [0, 0.05) is 6.92 Å². The Kier molecular flexibility index (Phi) is 4.44. The molecule has 0 unspecified atom stereocenters. The minimum Gasteiger partial charge on any atom is -0.425 e. The van der Waals surface area contributed by atoms with Gasteiger partial charge in [0.1, 0.15) is 0 Å². The molecule has 0 amide bonds. The molecular formula is C19H13N5O2S. The fourth-order valence-electron chi connectivity index (χ4n) is 2.64. The molecule has 0 aliphatic heterocycles. The molecule has 2 aromatic heterocycles. The van der Waals surface area contributed by atoms with E-state index in [0.717, 1.165) is 0 Å². The average Bonchev–Trinajstić information content (AvgIpc) is 3.12. The Morgan fingerprint density at radius 3 is 2.63 bits per heavy atom. The van der Waals surface area contributed by atoms with Crippen molar-refractivity contribution in [3.8, 4) is 11.8 Å². The molecule has 4 aromatic rings. The van der Waals surface area contributed by atoms with Crippen molar-refractivity contribution < 1.29 is 4.42 Å². The fraction of sp³-hybridized carbons (Fsp3) is 0.105. The van der Waals surface area contributed by atoms with E-state index in [0.29, 0.717) is 44.8 Å². The summed E-state index contributed by atoms with van der Waals surface area (Å²) in [5.41, 5.74) is 1.61. The van der Waals surface area contributed by atoms with Crippen molar-refractivity contribution in [1.82, 2.24) is 19.7 Å². The number of para-hydroxylation sites is 1. The highest BCUT2D eigenvalue weighted by Crippen LogP contribution is 2.24. The van der Waals surface area contributed by atoms with E-state index in [2.05, 4.69) is 21.3 Å². The number of aromatic nitrogens is 4. The van der Waals surface area contributed by atoms with Crippen molar-refractivity contribution in [2.45, 2.75) is 17.8 Å². The largest absolute Gasteiger partial charge is 0.425 e. The van der Waals surface area contributed by atoms with E-state index in [1.807, 2.05) is 12.1 Å². The molecule has 4 rings (SSSR count). The highest BCUT2D eigenvalue weighted by atomic mass is 32.2. The molecule has 8 heteroatoms.